The van der Waals surface area contributed by atoms with Crippen LogP contribution in [0.5, 0.6) is 5.75 Å². The van der Waals surface area contributed by atoms with Gasteiger partial charge in [-0.1, -0.05) is 24.3 Å². The molecule has 21 heavy (non-hydrogen) atoms. The van der Waals surface area contributed by atoms with Crippen molar-refractivity contribution >= 4 is 5.78 Å². The van der Waals surface area contributed by atoms with Crippen LogP contribution in [0.15, 0.2) is 42.5 Å². The minimum atomic E-state index is -0.972. The number of rotatable bonds is 5. The number of carbonyl (C=O) groups excluding carboxylic acids is 1. The average molecular weight is 290 g/mol. The zero-order chi connectivity index (χ0) is 15.4. The highest BCUT2D eigenvalue weighted by atomic mass is 19.2. The molecular formula is C17H16F2O2. The molecule has 0 unspecified atom stereocenters. The molecule has 2 aromatic carbocycles. The number of hydrogen-bond donors (Lipinski definition) is 0. The lowest BCUT2D eigenvalue weighted by molar-refractivity contribution is 0.0991. The van der Waals surface area contributed by atoms with E-state index in [1.54, 1.807) is 24.3 Å². The maximum atomic E-state index is 13.6. The molecule has 0 N–H and O–H groups in total. The van der Waals surface area contributed by atoms with Crippen molar-refractivity contribution in [2.45, 2.75) is 26.4 Å². The Labute approximate surface area is 122 Å². The molecule has 0 aliphatic carbocycles. The molecular weight excluding hydrogens is 274 g/mol. The van der Waals surface area contributed by atoms with Crippen molar-refractivity contribution in [3.05, 3.63) is 65.2 Å². The summed E-state index contributed by atoms with van der Waals surface area (Å²) in [6.07, 6.45) is -0.189. The second-order valence-corrected chi connectivity index (χ2v) is 5.01. The Morgan fingerprint density at radius 1 is 1.14 bits per heavy atom. The van der Waals surface area contributed by atoms with Gasteiger partial charge in [0.2, 0.25) is 0 Å². The molecule has 0 atom stereocenters. The zero-order valence-electron chi connectivity index (χ0n) is 11.9. The molecule has 0 bridgehead atoms. The predicted molar refractivity (Wildman–Crippen MR) is 76.6 cm³/mol. The van der Waals surface area contributed by atoms with Crippen molar-refractivity contribution in [1.29, 1.82) is 0 Å². The first-order chi connectivity index (χ1) is 9.97. The van der Waals surface area contributed by atoms with Crippen LogP contribution in [-0.2, 0) is 6.42 Å². The van der Waals surface area contributed by atoms with Crippen molar-refractivity contribution in [3.63, 3.8) is 0 Å². The summed E-state index contributed by atoms with van der Waals surface area (Å²) in [6.45, 7) is 3.77. The van der Waals surface area contributed by atoms with Gasteiger partial charge in [-0.3, -0.25) is 4.79 Å². The van der Waals surface area contributed by atoms with E-state index >= 15 is 0 Å². The summed E-state index contributed by atoms with van der Waals surface area (Å²) in [5, 5.41) is 0. The number of hydrogen-bond acceptors (Lipinski definition) is 2. The highest BCUT2D eigenvalue weighted by Gasteiger charge is 2.14. The smallest absolute Gasteiger partial charge is 0.167 e. The minimum Gasteiger partial charge on any atom is -0.491 e. The topological polar surface area (TPSA) is 26.3 Å². The van der Waals surface area contributed by atoms with Gasteiger partial charge in [0, 0.05) is 12.0 Å². The fourth-order valence-corrected chi connectivity index (χ4v) is 1.98. The standard InChI is InChI=1S/C17H16F2O2/c1-11(2)21-14-7-3-5-12(9-14)16(20)10-13-6-4-8-15(18)17(13)19/h3-9,11H,10H2,1-2H3. The summed E-state index contributed by atoms with van der Waals surface area (Å²) in [7, 11) is 0. The summed E-state index contributed by atoms with van der Waals surface area (Å²) in [6, 6.07) is 10.5. The van der Waals surface area contributed by atoms with Gasteiger partial charge in [0.1, 0.15) is 5.75 Å². The average Bonchev–Trinajstić information content (AvgIpc) is 2.43. The molecule has 0 saturated carbocycles. The van der Waals surface area contributed by atoms with Crippen molar-refractivity contribution in [2.24, 2.45) is 0 Å². The quantitative estimate of drug-likeness (QED) is 0.772. The summed E-state index contributed by atoms with van der Waals surface area (Å²) < 4.78 is 32.2. The van der Waals surface area contributed by atoms with Crippen LogP contribution < -0.4 is 4.74 Å². The summed E-state index contributed by atoms with van der Waals surface area (Å²) >= 11 is 0. The largest absolute Gasteiger partial charge is 0.491 e. The molecule has 0 aliphatic rings. The molecule has 0 aliphatic heterocycles. The first-order valence-electron chi connectivity index (χ1n) is 6.70. The Kier molecular flexibility index (Phi) is 4.68. The van der Waals surface area contributed by atoms with Crippen LogP contribution in [0.25, 0.3) is 0 Å². The van der Waals surface area contributed by atoms with Crippen molar-refractivity contribution in [2.75, 3.05) is 0 Å². The van der Waals surface area contributed by atoms with Gasteiger partial charge in [-0.05, 0) is 37.6 Å². The number of Topliss-reactive ketones (excluding diaryl/α,β-unsaturated/α-hetero) is 1. The van der Waals surface area contributed by atoms with Gasteiger partial charge in [-0.2, -0.15) is 0 Å². The lowest BCUT2D eigenvalue weighted by atomic mass is 10.0. The molecule has 0 aromatic heterocycles. The van der Waals surface area contributed by atoms with E-state index in [1.165, 1.54) is 12.1 Å². The van der Waals surface area contributed by atoms with E-state index in [2.05, 4.69) is 0 Å². The summed E-state index contributed by atoms with van der Waals surface area (Å²) in [4.78, 5) is 12.2. The van der Waals surface area contributed by atoms with Crippen LogP contribution in [0, 0.1) is 11.6 Å². The van der Waals surface area contributed by atoms with E-state index < -0.39 is 11.6 Å². The SMILES string of the molecule is CC(C)Oc1cccc(C(=O)Cc2cccc(F)c2F)c1. The second-order valence-electron chi connectivity index (χ2n) is 5.01. The van der Waals surface area contributed by atoms with E-state index in [0.29, 0.717) is 11.3 Å². The Morgan fingerprint density at radius 3 is 2.57 bits per heavy atom. The number of ketones is 1. The molecule has 0 amide bonds. The maximum Gasteiger partial charge on any atom is 0.167 e. The minimum absolute atomic E-state index is 0.00369. The highest BCUT2D eigenvalue weighted by molar-refractivity contribution is 5.97. The predicted octanol–water partition coefficient (Wildman–Crippen LogP) is 4.18. The Bertz CT molecular complexity index is 651. The summed E-state index contributed by atoms with van der Waals surface area (Å²) in [5.41, 5.74) is 0.465. The van der Waals surface area contributed by atoms with Crippen LogP contribution in [0.1, 0.15) is 29.8 Å². The van der Waals surface area contributed by atoms with E-state index in [-0.39, 0.29) is 23.9 Å². The number of ether oxygens (including phenoxy) is 1. The zero-order valence-corrected chi connectivity index (χ0v) is 11.9. The van der Waals surface area contributed by atoms with Crippen LogP contribution in [0.4, 0.5) is 8.78 Å². The van der Waals surface area contributed by atoms with Gasteiger partial charge in [0.15, 0.2) is 17.4 Å². The van der Waals surface area contributed by atoms with Gasteiger partial charge in [-0.25, -0.2) is 8.78 Å². The van der Waals surface area contributed by atoms with Gasteiger partial charge < -0.3 is 4.74 Å². The maximum absolute atomic E-state index is 13.6. The second kappa shape index (κ2) is 6.48. The molecule has 0 heterocycles. The third-order valence-electron chi connectivity index (χ3n) is 2.91. The molecule has 4 heteroatoms. The first-order valence-corrected chi connectivity index (χ1v) is 6.70. The molecule has 0 saturated heterocycles. The molecule has 2 rings (SSSR count). The monoisotopic (exact) mass is 290 g/mol. The third kappa shape index (κ3) is 3.88. The molecule has 2 aromatic rings. The lowest BCUT2D eigenvalue weighted by Gasteiger charge is -2.10. The Balaban J connectivity index is 2.18. The fraction of sp³-hybridized carbons (Fsp3) is 0.235. The Morgan fingerprint density at radius 2 is 1.86 bits per heavy atom. The van der Waals surface area contributed by atoms with Gasteiger partial charge in [0.25, 0.3) is 0 Å². The fourth-order valence-electron chi connectivity index (χ4n) is 1.98. The molecule has 0 fully saturated rings. The molecule has 110 valence electrons. The normalized spacial score (nSPS) is 10.7. The molecule has 0 radical (unpaired) electrons. The number of benzene rings is 2. The van der Waals surface area contributed by atoms with E-state index in [1.807, 2.05) is 13.8 Å². The van der Waals surface area contributed by atoms with Crippen LogP contribution in [0.2, 0.25) is 0 Å². The van der Waals surface area contributed by atoms with Crippen molar-refractivity contribution in [3.8, 4) is 5.75 Å². The highest BCUT2D eigenvalue weighted by Crippen LogP contribution is 2.18. The van der Waals surface area contributed by atoms with Crippen LogP contribution in [-0.4, -0.2) is 11.9 Å². The van der Waals surface area contributed by atoms with Gasteiger partial charge >= 0.3 is 0 Å². The number of carbonyl (C=O) groups is 1. The van der Waals surface area contributed by atoms with Crippen LogP contribution >= 0.6 is 0 Å². The van der Waals surface area contributed by atoms with E-state index in [4.69, 9.17) is 4.74 Å². The van der Waals surface area contributed by atoms with E-state index in [9.17, 15) is 13.6 Å². The van der Waals surface area contributed by atoms with Crippen molar-refractivity contribution < 1.29 is 18.3 Å². The molecule has 2 nitrogen and oxygen atoms in total. The van der Waals surface area contributed by atoms with Crippen molar-refractivity contribution in [1.82, 2.24) is 0 Å². The Hall–Kier alpha value is -2.23. The van der Waals surface area contributed by atoms with Crippen LogP contribution in [0.3, 0.4) is 0 Å². The summed E-state index contributed by atoms with van der Waals surface area (Å²) in [5.74, 6) is -1.62. The first kappa shape index (κ1) is 15.2. The number of halogens is 2. The lowest BCUT2D eigenvalue weighted by Crippen LogP contribution is -2.08. The van der Waals surface area contributed by atoms with Gasteiger partial charge in [0.05, 0.1) is 6.10 Å². The van der Waals surface area contributed by atoms with E-state index in [0.717, 1.165) is 6.07 Å². The van der Waals surface area contributed by atoms with Gasteiger partial charge in [-0.15, -0.1) is 0 Å². The third-order valence-corrected chi connectivity index (χ3v) is 2.91. The molecule has 0 spiro atoms.